The Morgan fingerprint density at radius 2 is 1.38 bits per heavy atom. The van der Waals surface area contributed by atoms with E-state index in [0.717, 1.165) is 65.6 Å². The first-order valence-electron chi connectivity index (χ1n) is 11.3. The van der Waals surface area contributed by atoms with Gasteiger partial charge in [-0.2, -0.15) is 0 Å². The molecule has 0 bridgehead atoms. The molecule has 32 heavy (non-hydrogen) atoms. The van der Waals surface area contributed by atoms with E-state index in [2.05, 4.69) is 38.2 Å². The Bertz CT molecular complexity index is 1060. The van der Waals surface area contributed by atoms with Gasteiger partial charge in [-0.3, -0.25) is 4.98 Å². The van der Waals surface area contributed by atoms with E-state index in [0.29, 0.717) is 26.4 Å². The highest BCUT2D eigenvalue weighted by Gasteiger charge is 2.22. The van der Waals surface area contributed by atoms with E-state index in [-0.39, 0.29) is 6.10 Å². The van der Waals surface area contributed by atoms with Gasteiger partial charge in [-0.1, -0.05) is 0 Å². The number of rotatable bonds is 5. The van der Waals surface area contributed by atoms with Crippen molar-refractivity contribution in [2.45, 2.75) is 20.0 Å². The number of hydrogen-bond acceptors (Lipinski definition) is 8. The molecule has 3 aromatic rings. The standard InChI is InChI=1S/C24H29N5O3/c1-17(2)32-19-5-3-18(4-6-19)22-15-20-21(16-25-22)24(29-9-13-31-14-10-29)27-26-23(20)28-7-11-30-12-8-28/h3-6,15-17H,7-14H2,1-2H3. The van der Waals surface area contributed by atoms with Crippen LogP contribution in [0.2, 0.25) is 0 Å². The molecule has 0 saturated carbocycles. The number of fused-ring (bicyclic) bond motifs is 1. The summed E-state index contributed by atoms with van der Waals surface area (Å²) in [5, 5.41) is 11.4. The molecule has 5 rings (SSSR count). The van der Waals surface area contributed by atoms with Crippen LogP contribution in [0.4, 0.5) is 11.6 Å². The second-order valence-corrected chi connectivity index (χ2v) is 8.35. The van der Waals surface area contributed by atoms with Gasteiger partial charge in [-0.15, -0.1) is 10.2 Å². The molecule has 2 aliphatic heterocycles. The summed E-state index contributed by atoms with van der Waals surface area (Å²) >= 11 is 0. The van der Waals surface area contributed by atoms with Gasteiger partial charge in [0.15, 0.2) is 11.6 Å². The van der Waals surface area contributed by atoms with Gasteiger partial charge in [-0.25, -0.2) is 0 Å². The SMILES string of the molecule is CC(C)Oc1ccc(-c2cc3c(N4CCOCC4)nnc(N4CCOCC4)c3cn2)cc1. The van der Waals surface area contributed by atoms with Gasteiger partial charge in [0.05, 0.1) is 38.2 Å². The van der Waals surface area contributed by atoms with Crippen molar-refractivity contribution in [1.82, 2.24) is 15.2 Å². The van der Waals surface area contributed by atoms with Gasteiger partial charge in [0.1, 0.15) is 5.75 Å². The van der Waals surface area contributed by atoms with Crippen LogP contribution in [0.25, 0.3) is 22.0 Å². The Hall–Kier alpha value is -2.97. The first-order valence-corrected chi connectivity index (χ1v) is 11.3. The lowest BCUT2D eigenvalue weighted by molar-refractivity contribution is 0.122. The van der Waals surface area contributed by atoms with E-state index in [1.165, 1.54) is 0 Å². The molecule has 0 aliphatic carbocycles. The molecular weight excluding hydrogens is 406 g/mol. The summed E-state index contributed by atoms with van der Waals surface area (Å²) in [6, 6.07) is 10.2. The van der Waals surface area contributed by atoms with Crippen molar-refractivity contribution in [3.63, 3.8) is 0 Å². The minimum atomic E-state index is 0.146. The smallest absolute Gasteiger partial charge is 0.161 e. The summed E-state index contributed by atoms with van der Waals surface area (Å²) in [5.74, 6) is 2.63. The summed E-state index contributed by atoms with van der Waals surface area (Å²) in [6.07, 6.45) is 2.08. The van der Waals surface area contributed by atoms with Crippen molar-refractivity contribution in [2.24, 2.45) is 0 Å². The van der Waals surface area contributed by atoms with Gasteiger partial charge >= 0.3 is 0 Å². The Morgan fingerprint density at radius 1 is 0.812 bits per heavy atom. The molecule has 2 saturated heterocycles. The van der Waals surface area contributed by atoms with Gasteiger partial charge in [0, 0.05) is 48.7 Å². The van der Waals surface area contributed by atoms with Crippen LogP contribution in [0.15, 0.2) is 36.5 Å². The molecule has 0 amide bonds. The zero-order valence-corrected chi connectivity index (χ0v) is 18.7. The van der Waals surface area contributed by atoms with Crippen molar-refractivity contribution >= 4 is 22.4 Å². The summed E-state index contributed by atoms with van der Waals surface area (Å²) in [5.41, 5.74) is 1.95. The number of aromatic nitrogens is 3. The molecule has 0 spiro atoms. The normalized spacial score (nSPS) is 17.2. The second kappa shape index (κ2) is 9.26. The van der Waals surface area contributed by atoms with Gasteiger partial charge in [0.2, 0.25) is 0 Å². The van der Waals surface area contributed by atoms with Gasteiger partial charge in [0.25, 0.3) is 0 Å². The van der Waals surface area contributed by atoms with Crippen molar-refractivity contribution in [3.8, 4) is 17.0 Å². The fourth-order valence-electron chi connectivity index (χ4n) is 4.17. The average Bonchev–Trinajstić information content (AvgIpc) is 2.84. The largest absolute Gasteiger partial charge is 0.491 e. The third-order valence-corrected chi connectivity index (χ3v) is 5.77. The molecule has 0 radical (unpaired) electrons. The average molecular weight is 436 g/mol. The van der Waals surface area contributed by atoms with Crippen LogP contribution in [0, 0.1) is 0 Å². The molecule has 168 valence electrons. The fourth-order valence-corrected chi connectivity index (χ4v) is 4.17. The van der Waals surface area contributed by atoms with E-state index in [4.69, 9.17) is 19.2 Å². The quantitative estimate of drug-likeness (QED) is 0.605. The molecule has 0 N–H and O–H groups in total. The molecule has 2 fully saturated rings. The van der Waals surface area contributed by atoms with Crippen molar-refractivity contribution in [1.29, 1.82) is 0 Å². The molecule has 4 heterocycles. The Balaban J connectivity index is 1.57. The molecule has 0 unspecified atom stereocenters. The predicted octanol–water partition coefficient (Wildman–Crippen LogP) is 3.15. The highest BCUT2D eigenvalue weighted by molar-refractivity contribution is 6.00. The van der Waals surface area contributed by atoms with Crippen LogP contribution in [0.3, 0.4) is 0 Å². The van der Waals surface area contributed by atoms with Crippen LogP contribution in [0.5, 0.6) is 5.75 Å². The molecule has 0 atom stereocenters. The number of nitrogens with zero attached hydrogens (tertiary/aromatic N) is 5. The third kappa shape index (κ3) is 4.33. The van der Waals surface area contributed by atoms with Crippen LogP contribution in [-0.4, -0.2) is 73.9 Å². The van der Waals surface area contributed by atoms with E-state index in [1.807, 2.05) is 32.2 Å². The highest BCUT2D eigenvalue weighted by atomic mass is 16.5. The molecule has 2 aliphatic rings. The Kier molecular flexibility index (Phi) is 6.05. The molecule has 8 heteroatoms. The van der Waals surface area contributed by atoms with Crippen LogP contribution >= 0.6 is 0 Å². The zero-order valence-electron chi connectivity index (χ0n) is 18.7. The van der Waals surface area contributed by atoms with E-state index in [9.17, 15) is 0 Å². The van der Waals surface area contributed by atoms with Crippen molar-refractivity contribution in [3.05, 3.63) is 36.5 Å². The highest BCUT2D eigenvalue weighted by Crippen LogP contribution is 2.33. The summed E-state index contributed by atoms with van der Waals surface area (Å²) < 4.78 is 16.9. The Labute approximate surface area is 188 Å². The van der Waals surface area contributed by atoms with Crippen molar-refractivity contribution < 1.29 is 14.2 Å². The number of anilines is 2. The lowest BCUT2D eigenvalue weighted by Crippen LogP contribution is -2.38. The van der Waals surface area contributed by atoms with Crippen molar-refractivity contribution in [2.75, 3.05) is 62.4 Å². The number of morpholine rings is 2. The maximum Gasteiger partial charge on any atom is 0.161 e. The minimum absolute atomic E-state index is 0.146. The molecule has 2 aromatic heterocycles. The van der Waals surface area contributed by atoms with E-state index < -0.39 is 0 Å². The molecule has 8 nitrogen and oxygen atoms in total. The number of ether oxygens (including phenoxy) is 3. The van der Waals surface area contributed by atoms with Gasteiger partial charge < -0.3 is 24.0 Å². The van der Waals surface area contributed by atoms with Crippen LogP contribution < -0.4 is 14.5 Å². The fraction of sp³-hybridized carbons (Fsp3) is 0.458. The number of pyridine rings is 1. The molecule has 1 aromatic carbocycles. The summed E-state index contributed by atoms with van der Waals surface area (Å²) in [7, 11) is 0. The number of benzene rings is 1. The van der Waals surface area contributed by atoms with Crippen LogP contribution in [0.1, 0.15) is 13.8 Å². The maximum absolute atomic E-state index is 5.78. The first kappa shape index (κ1) is 20.9. The lowest BCUT2D eigenvalue weighted by Gasteiger charge is -2.31. The minimum Gasteiger partial charge on any atom is -0.491 e. The maximum atomic E-state index is 5.78. The second-order valence-electron chi connectivity index (χ2n) is 8.35. The first-order chi connectivity index (χ1) is 15.7. The Morgan fingerprint density at radius 3 is 1.94 bits per heavy atom. The van der Waals surface area contributed by atoms with Crippen LogP contribution in [-0.2, 0) is 9.47 Å². The summed E-state index contributed by atoms with van der Waals surface area (Å²) in [4.78, 5) is 9.29. The number of hydrogen-bond donors (Lipinski definition) is 0. The molecular formula is C24H29N5O3. The predicted molar refractivity (Wildman–Crippen MR) is 125 cm³/mol. The summed E-state index contributed by atoms with van der Waals surface area (Å²) in [6.45, 7) is 10.1. The van der Waals surface area contributed by atoms with Gasteiger partial charge in [-0.05, 0) is 44.2 Å². The van der Waals surface area contributed by atoms with E-state index in [1.54, 1.807) is 0 Å². The lowest BCUT2D eigenvalue weighted by atomic mass is 10.1. The monoisotopic (exact) mass is 435 g/mol. The zero-order chi connectivity index (χ0) is 21.9. The topological polar surface area (TPSA) is 72.8 Å². The van der Waals surface area contributed by atoms with E-state index >= 15 is 0 Å². The third-order valence-electron chi connectivity index (χ3n) is 5.77.